The molecule has 0 spiro atoms. The van der Waals surface area contributed by atoms with E-state index in [4.69, 9.17) is 4.74 Å². The summed E-state index contributed by atoms with van der Waals surface area (Å²) >= 11 is 0. The summed E-state index contributed by atoms with van der Waals surface area (Å²) in [6, 6.07) is 16.0. The Morgan fingerprint density at radius 1 is 0.964 bits per heavy atom. The largest absolute Gasteiger partial charge is 0.489 e. The van der Waals surface area contributed by atoms with Gasteiger partial charge in [0.1, 0.15) is 18.0 Å². The molecule has 0 unspecified atom stereocenters. The third-order valence-corrected chi connectivity index (χ3v) is 4.61. The molecule has 0 radical (unpaired) electrons. The topological polar surface area (TPSA) is 68.1 Å². The first-order valence-corrected chi connectivity index (χ1v) is 8.95. The number of nitrogens with one attached hydrogen (secondary N) is 1. The normalized spacial score (nSPS) is 11.0. The van der Waals surface area contributed by atoms with E-state index in [2.05, 4.69) is 20.2 Å². The number of ether oxygens (including phenoxy) is 1. The number of aromatic amines is 1. The van der Waals surface area contributed by atoms with Gasteiger partial charge in [0.25, 0.3) is 0 Å². The molecule has 0 aliphatic rings. The minimum Gasteiger partial charge on any atom is -0.489 e. The van der Waals surface area contributed by atoms with E-state index in [9.17, 15) is 0 Å². The van der Waals surface area contributed by atoms with Crippen LogP contribution in [0.5, 0.6) is 5.75 Å². The number of benzene rings is 1. The molecule has 28 heavy (non-hydrogen) atoms. The number of fused-ring (bicyclic) bond motifs is 1. The highest BCUT2D eigenvalue weighted by Crippen LogP contribution is 2.31. The predicted octanol–water partition coefficient (Wildman–Crippen LogP) is 4.37. The molecule has 0 aliphatic heterocycles. The number of rotatable bonds is 5. The standard InChI is InChI=1S/C22H17N5O/c1-2-18(22-20(13-25-26-22)17-6-8-23-9-7-17)12-19(3-1)28-15-16-4-5-21-24-10-11-27(21)14-16/h1-14H,15H2,(H,25,26). The van der Waals surface area contributed by atoms with Crippen molar-refractivity contribution in [2.45, 2.75) is 6.61 Å². The molecule has 136 valence electrons. The van der Waals surface area contributed by atoms with E-state index in [1.54, 1.807) is 18.6 Å². The van der Waals surface area contributed by atoms with Crippen LogP contribution in [0.25, 0.3) is 28.0 Å². The quantitative estimate of drug-likeness (QED) is 0.501. The van der Waals surface area contributed by atoms with E-state index in [-0.39, 0.29) is 0 Å². The molecule has 0 fully saturated rings. The fourth-order valence-electron chi connectivity index (χ4n) is 3.22. The smallest absolute Gasteiger partial charge is 0.136 e. The Kier molecular flexibility index (Phi) is 4.06. The zero-order valence-electron chi connectivity index (χ0n) is 15.0. The van der Waals surface area contributed by atoms with Crippen molar-refractivity contribution in [1.29, 1.82) is 0 Å². The van der Waals surface area contributed by atoms with Gasteiger partial charge in [0.05, 0.1) is 11.9 Å². The molecule has 4 heterocycles. The first-order chi connectivity index (χ1) is 13.9. The van der Waals surface area contributed by atoms with Crippen LogP contribution in [0.15, 0.2) is 85.7 Å². The molecular formula is C22H17N5O. The van der Waals surface area contributed by atoms with Crippen LogP contribution >= 0.6 is 0 Å². The van der Waals surface area contributed by atoms with E-state index in [0.717, 1.165) is 39.3 Å². The van der Waals surface area contributed by atoms with Crippen LogP contribution in [0, 0.1) is 0 Å². The van der Waals surface area contributed by atoms with E-state index in [1.165, 1.54) is 0 Å². The minimum absolute atomic E-state index is 0.484. The van der Waals surface area contributed by atoms with Crippen molar-refractivity contribution in [3.63, 3.8) is 0 Å². The average molecular weight is 367 g/mol. The molecule has 0 saturated heterocycles. The van der Waals surface area contributed by atoms with Crippen molar-refractivity contribution in [2.24, 2.45) is 0 Å². The van der Waals surface area contributed by atoms with Gasteiger partial charge in [0.15, 0.2) is 0 Å². The van der Waals surface area contributed by atoms with E-state index >= 15 is 0 Å². The van der Waals surface area contributed by atoms with E-state index in [1.807, 2.05) is 71.5 Å². The number of hydrogen-bond donors (Lipinski definition) is 1. The van der Waals surface area contributed by atoms with E-state index < -0.39 is 0 Å². The SMILES string of the molecule is c1cc(OCc2ccc3nccn3c2)cc(-c2[nH]ncc2-c2ccncc2)c1. The fourth-order valence-corrected chi connectivity index (χ4v) is 3.22. The number of H-pyrrole nitrogens is 1. The van der Waals surface area contributed by atoms with Crippen LogP contribution in [0.1, 0.15) is 5.56 Å². The maximum atomic E-state index is 6.02. The number of hydrogen-bond acceptors (Lipinski definition) is 4. The minimum atomic E-state index is 0.484. The molecule has 0 amide bonds. The van der Waals surface area contributed by atoms with Crippen LogP contribution in [0.4, 0.5) is 0 Å². The summed E-state index contributed by atoms with van der Waals surface area (Å²) in [6.45, 7) is 0.484. The lowest BCUT2D eigenvalue weighted by Crippen LogP contribution is -1.97. The van der Waals surface area contributed by atoms with Crippen molar-refractivity contribution in [3.05, 3.63) is 91.3 Å². The Morgan fingerprint density at radius 2 is 1.89 bits per heavy atom. The summed E-state index contributed by atoms with van der Waals surface area (Å²) in [5, 5.41) is 7.33. The third kappa shape index (κ3) is 3.12. The van der Waals surface area contributed by atoms with Gasteiger partial charge in [0.2, 0.25) is 0 Å². The zero-order chi connectivity index (χ0) is 18.8. The van der Waals surface area contributed by atoms with Gasteiger partial charge in [-0.15, -0.1) is 0 Å². The van der Waals surface area contributed by atoms with Crippen molar-refractivity contribution >= 4 is 5.65 Å². The lowest BCUT2D eigenvalue weighted by atomic mass is 10.0. The molecule has 4 aromatic heterocycles. The lowest BCUT2D eigenvalue weighted by Gasteiger charge is -2.09. The van der Waals surface area contributed by atoms with Gasteiger partial charge in [-0.2, -0.15) is 5.10 Å². The number of aromatic nitrogens is 5. The number of pyridine rings is 2. The molecular weight excluding hydrogens is 350 g/mol. The summed E-state index contributed by atoms with van der Waals surface area (Å²) in [5.41, 5.74) is 6.08. The Bertz CT molecular complexity index is 1230. The van der Waals surface area contributed by atoms with Crippen LogP contribution in [0.3, 0.4) is 0 Å². The van der Waals surface area contributed by atoms with Gasteiger partial charge in [-0.1, -0.05) is 18.2 Å². The highest BCUT2D eigenvalue weighted by molar-refractivity contribution is 5.80. The Balaban J connectivity index is 1.39. The third-order valence-electron chi connectivity index (χ3n) is 4.61. The molecule has 0 aliphatic carbocycles. The van der Waals surface area contributed by atoms with Gasteiger partial charge in [-0.3, -0.25) is 10.1 Å². The molecule has 0 saturated carbocycles. The molecule has 0 atom stereocenters. The van der Waals surface area contributed by atoms with Crippen molar-refractivity contribution in [2.75, 3.05) is 0 Å². The number of nitrogens with zero attached hydrogens (tertiary/aromatic N) is 4. The highest BCUT2D eigenvalue weighted by atomic mass is 16.5. The first kappa shape index (κ1) is 16.3. The molecule has 5 aromatic rings. The monoisotopic (exact) mass is 367 g/mol. The van der Waals surface area contributed by atoms with Crippen LogP contribution in [0.2, 0.25) is 0 Å². The molecule has 6 nitrogen and oxygen atoms in total. The average Bonchev–Trinajstić information content (AvgIpc) is 3.42. The highest BCUT2D eigenvalue weighted by Gasteiger charge is 2.10. The summed E-state index contributed by atoms with van der Waals surface area (Å²) in [4.78, 5) is 8.34. The first-order valence-electron chi connectivity index (χ1n) is 8.95. The second-order valence-corrected chi connectivity index (χ2v) is 6.44. The van der Waals surface area contributed by atoms with Crippen molar-refractivity contribution in [1.82, 2.24) is 24.6 Å². The summed E-state index contributed by atoms with van der Waals surface area (Å²) in [5.74, 6) is 0.804. The Morgan fingerprint density at radius 3 is 2.82 bits per heavy atom. The fraction of sp³-hybridized carbons (Fsp3) is 0.0455. The molecule has 6 heteroatoms. The summed E-state index contributed by atoms with van der Waals surface area (Å²) in [6.07, 6.45) is 11.1. The Labute approximate surface area is 161 Å². The summed E-state index contributed by atoms with van der Waals surface area (Å²) < 4.78 is 8.01. The molecule has 1 N–H and O–H groups in total. The lowest BCUT2D eigenvalue weighted by molar-refractivity contribution is 0.306. The van der Waals surface area contributed by atoms with Gasteiger partial charge >= 0.3 is 0 Å². The van der Waals surface area contributed by atoms with E-state index in [0.29, 0.717) is 6.61 Å². The van der Waals surface area contributed by atoms with Crippen LogP contribution in [-0.4, -0.2) is 24.6 Å². The van der Waals surface area contributed by atoms with Gasteiger partial charge < -0.3 is 9.14 Å². The van der Waals surface area contributed by atoms with Crippen LogP contribution < -0.4 is 4.74 Å². The summed E-state index contributed by atoms with van der Waals surface area (Å²) in [7, 11) is 0. The molecule has 5 rings (SSSR count). The zero-order valence-corrected chi connectivity index (χ0v) is 15.0. The molecule has 0 bridgehead atoms. The van der Waals surface area contributed by atoms with Crippen molar-refractivity contribution < 1.29 is 4.74 Å². The maximum Gasteiger partial charge on any atom is 0.136 e. The van der Waals surface area contributed by atoms with Crippen LogP contribution in [-0.2, 0) is 6.61 Å². The second kappa shape index (κ2) is 7.00. The maximum absolute atomic E-state index is 6.02. The molecule has 1 aromatic carbocycles. The van der Waals surface area contributed by atoms with Gasteiger partial charge in [-0.25, -0.2) is 4.98 Å². The van der Waals surface area contributed by atoms with Crippen molar-refractivity contribution in [3.8, 4) is 28.1 Å². The Hall–Kier alpha value is -3.93. The number of imidazole rings is 1. The predicted molar refractivity (Wildman–Crippen MR) is 107 cm³/mol. The van der Waals surface area contributed by atoms with Gasteiger partial charge in [-0.05, 0) is 35.9 Å². The van der Waals surface area contributed by atoms with Gasteiger partial charge in [0, 0.05) is 47.7 Å². The second-order valence-electron chi connectivity index (χ2n) is 6.44.